The molecular weight excluding hydrogens is 430 g/mol. The smallest absolute Gasteiger partial charge is 0.233 e. The third kappa shape index (κ3) is 4.78. The van der Waals surface area contributed by atoms with Crippen LogP contribution in [0, 0.1) is 0 Å². The molecule has 2 heterocycles. The van der Waals surface area contributed by atoms with Crippen molar-refractivity contribution in [1.82, 2.24) is 9.88 Å². The minimum Gasteiger partial charge on any atom is -0.379 e. The number of aryl methyl sites for hydroxylation is 1. The maximum atomic E-state index is 13.7. The summed E-state index contributed by atoms with van der Waals surface area (Å²) in [5.74, 6) is 0.0942. The van der Waals surface area contributed by atoms with Crippen LogP contribution in [0.15, 0.2) is 60.7 Å². The summed E-state index contributed by atoms with van der Waals surface area (Å²) >= 11 is 1.61. The fraction of sp³-hybridized carbons (Fsp3) is 0.333. The normalized spacial score (nSPS) is 14.7. The third-order valence-corrected chi connectivity index (χ3v) is 7.41. The number of amides is 1. The molecule has 0 spiro atoms. The second-order valence-corrected chi connectivity index (χ2v) is 9.44. The van der Waals surface area contributed by atoms with Crippen LogP contribution in [-0.4, -0.2) is 55.2 Å². The molecule has 1 aliphatic heterocycles. The minimum atomic E-state index is 0.0942. The highest BCUT2D eigenvalue weighted by Gasteiger charge is 2.23. The Morgan fingerprint density at radius 2 is 1.79 bits per heavy atom. The molecule has 4 aromatic rings. The van der Waals surface area contributed by atoms with Crippen LogP contribution in [0.4, 0.5) is 5.13 Å². The molecule has 5 rings (SSSR count). The van der Waals surface area contributed by atoms with Gasteiger partial charge in [-0.15, -0.1) is 0 Å². The quantitative estimate of drug-likeness (QED) is 0.394. The van der Waals surface area contributed by atoms with Crippen molar-refractivity contribution in [2.24, 2.45) is 0 Å². The van der Waals surface area contributed by atoms with Crippen LogP contribution in [0.2, 0.25) is 0 Å². The molecular formula is C27H29N3O2S. The lowest BCUT2D eigenvalue weighted by atomic mass is 10.0. The molecule has 0 N–H and O–H groups in total. The van der Waals surface area contributed by atoms with Crippen LogP contribution >= 0.6 is 11.3 Å². The zero-order chi connectivity index (χ0) is 22.6. The van der Waals surface area contributed by atoms with Crippen LogP contribution in [0.25, 0.3) is 21.0 Å². The Bertz CT molecular complexity index is 1260. The second kappa shape index (κ2) is 10.00. The first-order chi connectivity index (χ1) is 16.2. The molecule has 5 nitrogen and oxygen atoms in total. The Balaban J connectivity index is 1.45. The number of aromatic nitrogens is 1. The van der Waals surface area contributed by atoms with E-state index in [1.165, 1.54) is 5.56 Å². The maximum Gasteiger partial charge on any atom is 0.233 e. The van der Waals surface area contributed by atoms with Crippen molar-refractivity contribution in [3.8, 4) is 0 Å². The lowest BCUT2D eigenvalue weighted by Crippen LogP contribution is -2.43. The first-order valence-electron chi connectivity index (χ1n) is 11.7. The number of benzene rings is 3. The Labute approximate surface area is 198 Å². The number of thiazole rings is 1. The van der Waals surface area contributed by atoms with E-state index in [2.05, 4.69) is 54.3 Å². The van der Waals surface area contributed by atoms with E-state index in [4.69, 9.17) is 9.72 Å². The Morgan fingerprint density at radius 1 is 1.03 bits per heavy atom. The standard InChI is InChI=1S/C27H29N3O2S/c1-2-20-8-6-12-24-26(20)28-27(33-24)30(14-13-29-15-17-32-18-16-29)25(31)19-22-10-5-9-21-7-3-4-11-23(21)22/h3-12H,2,13-19H2,1H3. The number of hydrogen-bond acceptors (Lipinski definition) is 5. The lowest BCUT2D eigenvalue weighted by molar-refractivity contribution is -0.118. The minimum absolute atomic E-state index is 0.0942. The van der Waals surface area contributed by atoms with E-state index in [0.29, 0.717) is 13.0 Å². The van der Waals surface area contributed by atoms with Gasteiger partial charge in [0, 0.05) is 26.2 Å². The molecule has 1 aromatic heterocycles. The highest BCUT2D eigenvalue weighted by atomic mass is 32.1. The first-order valence-corrected chi connectivity index (χ1v) is 12.5. The number of fused-ring (bicyclic) bond motifs is 2. The summed E-state index contributed by atoms with van der Waals surface area (Å²) in [4.78, 5) is 22.9. The molecule has 6 heteroatoms. The van der Waals surface area contributed by atoms with E-state index in [0.717, 1.165) is 71.0 Å². The number of ether oxygens (including phenoxy) is 1. The van der Waals surface area contributed by atoms with Crippen LogP contribution in [0.3, 0.4) is 0 Å². The van der Waals surface area contributed by atoms with Gasteiger partial charge in [-0.25, -0.2) is 4.98 Å². The zero-order valence-electron chi connectivity index (χ0n) is 19.0. The van der Waals surface area contributed by atoms with E-state index >= 15 is 0 Å². The summed E-state index contributed by atoms with van der Waals surface area (Å²) in [6, 6.07) is 20.8. The molecule has 0 radical (unpaired) electrons. The summed E-state index contributed by atoms with van der Waals surface area (Å²) in [5, 5.41) is 3.10. The number of anilines is 1. The number of para-hydroxylation sites is 1. The average Bonchev–Trinajstić information content (AvgIpc) is 3.29. The van der Waals surface area contributed by atoms with E-state index in [1.807, 2.05) is 23.1 Å². The SMILES string of the molecule is CCc1cccc2sc(N(CCN3CCOCC3)C(=O)Cc3cccc4ccccc34)nc12. The van der Waals surface area contributed by atoms with Gasteiger partial charge in [-0.2, -0.15) is 0 Å². The van der Waals surface area contributed by atoms with Crippen LogP contribution in [-0.2, 0) is 22.4 Å². The van der Waals surface area contributed by atoms with Gasteiger partial charge in [-0.1, -0.05) is 72.9 Å². The molecule has 170 valence electrons. The van der Waals surface area contributed by atoms with E-state index in [-0.39, 0.29) is 5.91 Å². The summed E-state index contributed by atoms with van der Waals surface area (Å²) in [6.45, 7) is 6.92. The average molecular weight is 460 g/mol. The van der Waals surface area contributed by atoms with Gasteiger partial charge in [0.15, 0.2) is 5.13 Å². The van der Waals surface area contributed by atoms with Crippen LogP contribution in [0.1, 0.15) is 18.1 Å². The van der Waals surface area contributed by atoms with Crippen molar-refractivity contribution < 1.29 is 9.53 Å². The number of hydrogen-bond donors (Lipinski definition) is 0. The van der Waals surface area contributed by atoms with Gasteiger partial charge in [0.2, 0.25) is 5.91 Å². The Hall–Kier alpha value is -2.80. The Kier molecular flexibility index (Phi) is 6.67. The van der Waals surface area contributed by atoms with Gasteiger partial charge in [-0.05, 0) is 34.4 Å². The van der Waals surface area contributed by atoms with Crippen molar-refractivity contribution in [2.45, 2.75) is 19.8 Å². The third-order valence-electron chi connectivity index (χ3n) is 6.37. The predicted octanol–water partition coefficient (Wildman–Crippen LogP) is 4.92. The van der Waals surface area contributed by atoms with Gasteiger partial charge in [0.05, 0.1) is 29.9 Å². The number of nitrogens with zero attached hydrogens (tertiary/aromatic N) is 3. The maximum absolute atomic E-state index is 13.7. The van der Waals surface area contributed by atoms with E-state index in [1.54, 1.807) is 11.3 Å². The van der Waals surface area contributed by atoms with Gasteiger partial charge in [0.25, 0.3) is 0 Å². The zero-order valence-corrected chi connectivity index (χ0v) is 19.8. The van der Waals surface area contributed by atoms with Crippen molar-refractivity contribution >= 4 is 43.4 Å². The van der Waals surface area contributed by atoms with E-state index in [9.17, 15) is 4.79 Å². The van der Waals surface area contributed by atoms with Gasteiger partial charge in [0.1, 0.15) is 0 Å². The highest BCUT2D eigenvalue weighted by Crippen LogP contribution is 2.32. The summed E-state index contributed by atoms with van der Waals surface area (Å²) in [5.41, 5.74) is 3.31. The largest absolute Gasteiger partial charge is 0.379 e. The molecule has 0 atom stereocenters. The monoisotopic (exact) mass is 459 g/mol. The first kappa shape index (κ1) is 22.0. The number of carbonyl (C=O) groups excluding carboxylic acids is 1. The predicted molar refractivity (Wildman–Crippen MR) is 136 cm³/mol. The molecule has 0 saturated carbocycles. The van der Waals surface area contributed by atoms with Gasteiger partial charge < -0.3 is 4.74 Å². The highest BCUT2D eigenvalue weighted by molar-refractivity contribution is 7.22. The van der Waals surface area contributed by atoms with Crippen LogP contribution < -0.4 is 4.90 Å². The second-order valence-electron chi connectivity index (χ2n) is 8.43. The molecule has 1 amide bonds. The van der Waals surface area contributed by atoms with E-state index < -0.39 is 0 Å². The summed E-state index contributed by atoms with van der Waals surface area (Å²) in [6.07, 6.45) is 1.29. The molecule has 3 aromatic carbocycles. The molecule has 1 fully saturated rings. The summed E-state index contributed by atoms with van der Waals surface area (Å²) < 4.78 is 6.63. The van der Waals surface area contributed by atoms with Crippen molar-refractivity contribution in [3.05, 3.63) is 71.8 Å². The Morgan fingerprint density at radius 3 is 2.64 bits per heavy atom. The van der Waals surface area contributed by atoms with Crippen molar-refractivity contribution in [2.75, 3.05) is 44.3 Å². The lowest BCUT2D eigenvalue weighted by Gasteiger charge is -2.29. The topological polar surface area (TPSA) is 45.7 Å². The number of carbonyl (C=O) groups is 1. The number of morpholine rings is 1. The molecule has 1 saturated heterocycles. The van der Waals surface area contributed by atoms with Gasteiger partial charge in [-0.3, -0.25) is 14.6 Å². The molecule has 0 bridgehead atoms. The van der Waals surface area contributed by atoms with Crippen molar-refractivity contribution in [3.63, 3.8) is 0 Å². The summed E-state index contributed by atoms with van der Waals surface area (Å²) in [7, 11) is 0. The fourth-order valence-corrected chi connectivity index (χ4v) is 5.55. The molecule has 1 aliphatic rings. The molecule has 0 unspecified atom stereocenters. The van der Waals surface area contributed by atoms with Crippen LogP contribution in [0.5, 0.6) is 0 Å². The van der Waals surface area contributed by atoms with Gasteiger partial charge >= 0.3 is 0 Å². The fourth-order valence-electron chi connectivity index (χ4n) is 4.49. The number of rotatable bonds is 7. The molecule has 33 heavy (non-hydrogen) atoms. The van der Waals surface area contributed by atoms with Crippen molar-refractivity contribution in [1.29, 1.82) is 0 Å². The molecule has 0 aliphatic carbocycles.